The van der Waals surface area contributed by atoms with E-state index in [2.05, 4.69) is 0 Å². The Morgan fingerprint density at radius 1 is 1.23 bits per heavy atom. The third-order valence-corrected chi connectivity index (χ3v) is 4.79. The van der Waals surface area contributed by atoms with E-state index in [4.69, 9.17) is 9.84 Å². The molecule has 0 aromatic carbocycles. The van der Waals surface area contributed by atoms with Gasteiger partial charge in [-0.1, -0.05) is 32.1 Å². The van der Waals surface area contributed by atoms with E-state index in [0.717, 1.165) is 6.42 Å². The molecule has 122 valence electrons. The molecule has 22 heavy (non-hydrogen) atoms. The Bertz CT molecular complexity index is 457. The third-order valence-electron chi connectivity index (χ3n) is 3.72. The molecule has 1 atom stereocenters. The van der Waals surface area contributed by atoms with E-state index >= 15 is 0 Å². The fourth-order valence-electron chi connectivity index (χ4n) is 2.56. The minimum Gasteiger partial charge on any atom is -0.747 e. The maximum atomic E-state index is 11.4. The Kier molecular flexibility index (Phi) is 10.5. The van der Waals surface area contributed by atoms with Crippen LogP contribution in [0.25, 0.3) is 0 Å². The number of hydrogen-bond donors (Lipinski definition) is 1. The molecule has 7 nitrogen and oxygen atoms in total. The van der Waals surface area contributed by atoms with E-state index in [0.29, 0.717) is 12.3 Å². The van der Waals surface area contributed by atoms with Crippen molar-refractivity contribution in [2.75, 3.05) is 6.61 Å². The molecular formula is C13H21NaO7S. The first-order valence-electron chi connectivity index (χ1n) is 7.14. The average molecular weight is 344 g/mol. The molecule has 0 bridgehead atoms. The van der Waals surface area contributed by atoms with Gasteiger partial charge in [0.05, 0.1) is 13.0 Å². The third kappa shape index (κ3) is 8.47. The van der Waals surface area contributed by atoms with Gasteiger partial charge >= 0.3 is 41.5 Å². The van der Waals surface area contributed by atoms with Crippen LogP contribution in [0.15, 0.2) is 0 Å². The van der Waals surface area contributed by atoms with Gasteiger partial charge in [0.2, 0.25) is 0 Å². The fourth-order valence-corrected chi connectivity index (χ4v) is 3.14. The van der Waals surface area contributed by atoms with Crippen molar-refractivity contribution in [3.63, 3.8) is 0 Å². The van der Waals surface area contributed by atoms with Gasteiger partial charge in [-0.3, -0.25) is 9.59 Å². The van der Waals surface area contributed by atoms with Crippen molar-refractivity contribution in [3.05, 3.63) is 0 Å². The first-order valence-corrected chi connectivity index (χ1v) is 8.61. The van der Waals surface area contributed by atoms with E-state index < -0.39 is 33.7 Å². The molecule has 1 N–H and O–H groups in total. The quantitative estimate of drug-likeness (QED) is 0.241. The first kappa shape index (κ1) is 21.9. The SMILES string of the molecule is O=C(CC(C(=O)O)S(=O)(=O)[O-])OCCCC1CCCCC1.[Na+]. The smallest absolute Gasteiger partial charge is 0.747 e. The van der Waals surface area contributed by atoms with Crippen molar-refractivity contribution in [2.24, 2.45) is 5.92 Å². The van der Waals surface area contributed by atoms with Crippen molar-refractivity contribution in [1.29, 1.82) is 0 Å². The second-order valence-electron chi connectivity index (χ2n) is 5.39. The summed E-state index contributed by atoms with van der Waals surface area (Å²) in [7, 11) is -5.06. The Morgan fingerprint density at radius 3 is 2.32 bits per heavy atom. The number of carboxylic acid groups (broad SMARTS) is 1. The second kappa shape index (κ2) is 10.6. The van der Waals surface area contributed by atoms with Crippen LogP contribution in [0.2, 0.25) is 0 Å². The summed E-state index contributed by atoms with van der Waals surface area (Å²) in [5, 5.41) is 6.34. The molecule has 0 heterocycles. The minimum absolute atomic E-state index is 0. The van der Waals surface area contributed by atoms with Gasteiger partial charge in [0.25, 0.3) is 0 Å². The summed E-state index contributed by atoms with van der Waals surface area (Å²) in [5.41, 5.74) is 0. The minimum atomic E-state index is -5.06. The molecular weight excluding hydrogens is 323 g/mol. The van der Waals surface area contributed by atoms with E-state index in [1.807, 2.05) is 0 Å². The van der Waals surface area contributed by atoms with Crippen LogP contribution in [0.4, 0.5) is 0 Å². The van der Waals surface area contributed by atoms with Crippen molar-refractivity contribution >= 4 is 22.1 Å². The van der Waals surface area contributed by atoms with Gasteiger partial charge in [0.1, 0.15) is 10.1 Å². The molecule has 0 amide bonds. The molecule has 0 saturated heterocycles. The van der Waals surface area contributed by atoms with Gasteiger partial charge in [-0.2, -0.15) is 0 Å². The van der Waals surface area contributed by atoms with Crippen LogP contribution in [-0.4, -0.2) is 41.9 Å². The van der Waals surface area contributed by atoms with Crippen molar-refractivity contribution in [2.45, 2.75) is 56.6 Å². The summed E-state index contributed by atoms with van der Waals surface area (Å²) in [6.45, 7) is 0.126. The van der Waals surface area contributed by atoms with Gasteiger partial charge in [0.15, 0.2) is 5.25 Å². The zero-order chi connectivity index (χ0) is 15.9. The molecule has 0 aromatic heterocycles. The Balaban J connectivity index is 0.00000441. The zero-order valence-corrected chi connectivity index (χ0v) is 15.6. The number of ether oxygens (including phenoxy) is 1. The number of carbonyl (C=O) groups excluding carboxylic acids is 1. The molecule has 1 aliphatic rings. The van der Waals surface area contributed by atoms with Gasteiger partial charge in [-0.15, -0.1) is 0 Å². The van der Waals surface area contributed by atoms with Crippen LogP contribution in [0.3, 0.4) is 0 Å². The normalized spacial score (nSPS) is 17.3. The molecule has 0 radical (unpaired) electrons. The molecule has 1 aliphatic carbocycles. The van der Waals surface area contributed by atoms with Gasteiger partial charge in [-0.25, -0.2) is 8.42 Å². The monoisotopic (exact) mass is 344 g/mol. The second-order valence-corrected chi connectivity index (χ2v) is 6.95. The topological polar surface area (TPSA) is 121 Å². The van der Waals surface area contributed by atoms with Crippen LogP contribution in [-0.2, 0) is 24.4 Å². The standard InChI is InChI=1S/C13H22O7S.Na/c14-12(9-11(13(15)16)21(17,18)19)20-8-4-7-10-5-2-1-3-6-10;/h10-11H,1-9H2,(H,15,16)(H,17,18,19);/q;+1/p-1. The molecule has 1 fully saturated rings. The summed E-state index contributed by atoms with van der Waals surface area (Å²) >= 11 is 0. The van der Waals surface area contributed by atoms with Gasteiger partial charge < -0.3 is 14.4 Å². The Morgan fingerprint density at radius 2 is 1.82 bits per heavy atom. The van der Waals surface area contributed by atoms with Gasteiger partial charge in [-0.05, 0) is 18.8 Å². The summed E-state index contributed by atoms with van der Waals surface area (Å²) in [6.07, 6.45) is 6.76. The molecule has 1 saturated carbocycles. The molecule has 0 aromatic rings. The molecule has 1 rings (SSSR count). The number of rotatable bonds is 8. The van der Waals surface area contributed by atoms with Crippen LogP contribution >= 0.6 is 0 Å². The summed E-state index contributed by atoms with van der Waals surface area (Å²) in [4.78, 5) is 22.0. The van der Waals surface area contributed by atoms with Crippen LogP contribution < -0.4 is 29.6 Å². The van der Waals surface area contributed by atoms with Crippen LogP contribution in [0, 0.1) is 5.92 Å². The fraction of sp³-hybridized carbons (Fsp3) is 0.846. The van der Waals surface area contributed by atoms with Crippen molar-refractivity contribution < 1.29 is 62.0 Å². The maximum absolute atomic E-state index is 11.4. The van der Waals surface area contributed by atoms with Crippen molar-refractivity contribution in [1.82, 2.24) is 0 Å². The van der Waals surface area contributed by atoms with Crippen molar-refractivity contribution in [3.8, 4) is 0 Å². The maximum Gasteiger partial charge on any atom is 1.00 e. The first-order chi connectivity index (χ1) is 9.80. The number of carbonyl (C=O) groups is 2. The Hall–Kier alpha value is -0.150. The molecule has 0 aliphatic heterocycles. The van der Waals surface area contributed by atoms with Gasteiger partial charge in [0, 0.05) is 0 Å². The predicted molar refractivity (Wildman–Crippen MR) is 72.5 cm³/mol. The largest absolute Gasteiger partial charge is 1.00 e. The molecule has 1 unspecified atom stereocenters. The Labute approximate surface area is 152 Å². The molecule has 0 spiro atoms. The number of carboxylic acids is 1. The number of aliphatic carboxylic acids is 1. The molecule has 9 heteroatoms. The predicted octanol–water partition coefficient (Wildman–Crippen LogP) is -1.72. The van der Waals surface area contributed by atoms with E-state index in [9.17, 15) is 22.6 Å². The summed E-state index contributed by atoms with van der Waals surface area (Å²) < 4.78 is 36.9. The number of esters is 1. The van der Waals surface area contributed by atoms with E-state index in [1.165, 1.54) is 32.1 Å². The van der Waals surface area contributed by atoms with E-state index in [-0.39, 0.29) is 36.2 Å². The summed E-state index contributed by atoms with van der Waals surface area (Å²) in [6, 6.07) is 0. The number of hydrogen-bond acceptors (Lipinski definition) is 6. The average Bonchev–Trinajstić information content (AvgIpc) is 2.40. The zero-order valence-electron chi connectivity index (χ0n) is 12.8. The summed E-state index contributed by atoms with van der Waals surface area (Å²) in [5.74, 6) is -2.15. The van der Waals surface area contributed by atoms with Crippen LogP contribution in [0.1, 0.15) is 51.4 Å². The van der Waals surface area contributed by atoms with E-state index in [1.54, 1.807) is 0 Å². The van der Waals surface area contributed by atoms with Crippen LogP contribution in [0.5, 0.6) is 0 Å².